The van der Waals surface area contributed by atoms with Crippen LogP contribution in [0.2, 0.25) is 0 Å². The number of ether oxygens (including phenoxy) is 1. The van der Waals surface area contributed by atoms with Gasteiger partial charge in [-0.15, -0.1) is 0 Å². The van der Waals surface area contributed by atoms with Crippen LogP contribution in [0.5, 0.6) is 0 Å². The van der Waals surface area contributed by atoms with Gasteiger partial charge in [0.05, 0.1) is 6.61 Å². The highest BCUT2D eigenvalue weighted by atomic mass is 16.5. The highest BCUT2D eigenvalue weighted by Crippen LogP contribution is 2.30. The van der Waals surface area contributed by atoms with Gasteiger partial charge in [-0.05, 0) is 33.2 Å². The Morgan fingerprint density at radius 3 is 2.88 bits per heavy atom. The van der Waals surface area contributed by atoms with Gasteiger partial charge in [0.1, 0.15) is 5.54 Å². The van der Waals surface area contributed by atoms with Crippen LogP contribution in [0.3, 0.4) is 0 Å². The lowest BCUT2D eigenvalue weighted by atomic mass is 9.99. The zero-order valence-electron chi connectivity index (χ0n) is 10.1. The molecule has 5 nitrogen and oxygen atoms in total. The average molecular weight is 230 g/mol. The molecule has 3 N–H and O–H groups in total. The van der Waals surface area contributed by atoms with Crippen LogP contribution in [-0.4, -0.2) is 54.4 Å². The van der Waals surface area contributed by atoms with E-state index in [2.05, 4.69) is 4.90 Å². The third-order valence-electron chi connectivity index (χ3n) is 3.37. The first-order chi connectivity index (χ1) is 7.49. The van der Waals surface area contributed by atoms with E-state index in [4.69, 9.17) is 15.6 Å². The Hall–Kier alpha value is -0.650. The summed E-state index contributed by atoms with van der Waals surface area (Å²) in [6, 6.07) is 0.265. The Bertz CT molecular complexity index is 247. The molecule has 16 heavy (non-hydrogen) atoms. The largest absolute Gasteiger partial charge is 0.480 e. The molecule has 2 atom stereocenters. The molecule has 0 heterocycles. The maximum atomic E-state index is 11.0. The molecule has 0 spiro atoms. The second kappa shape index (κ2) is 5.61. The van der Waals surface area contributed by atoms with Crippen molar-refractivity contribution in [1.82, 2.24) is 4.90 Å². The van der Waals surface area contributed by atoms with Gasteiger partial charge in [0.25, 0.3) is 0 Å². The molecule has 0 aliphatic heterocycles. The molecule has 94 valence electrons. The van der Waals surface area contributed by atoms with E-state index in [-0.39, 0.29) is 6.04 Å². The molecule has 1 saturated carbocycles. The first kappa shape index (κ1) is 13.4. The van der Waals surface area contributed by atoms with E-state index < -0.39 is 11.5 Å². The molecule has 0 aromatic heterocycles. The van der Waals surface area contributed by atoms with E-state index >= 15 is 0 Å². The first-order valence-corrected chi connectivity index (χ1v) is 5.80. The predicted molar refractivity (Wildman–Crippen MR) is 61.3 cm³/mol. The molecule has 0 bridgehead atoms. The fourth-order valence-corrected chi connectivity index (χ4v) is 2.15. The van der Waals surface area contributed by atoms with Crippen LogP contribution in [0, 0.1) is 0 Å². The highest BCUT2D eigenvalue weighted by Gasteiger charge is 2.43. The minimum Gasteiger partial charge on any atom is -0.480 e. The lowest BCUT2D eigenvalue weighted by Crippen LogP contribution is -2.47. The van der Waals surface area contributed by atoms with Crippen molar-refractivity contribution in [2.75, 3.05) is 26.8 Å². The van der Waals surface area contributed by atoms with Crippen LogP contribution in [0.25, 0.3) is 0 Å². The van der Waals surface area contributed by atoms with Crippen molar-refractivity contribution in [2.24, 2.45) is 5.73 Å². The number of nitrogens with two attached hydrogens (primary N) is 1. The average Bonchev–Trinajstić information content (AvgIpc) is 2.63. The number of hydrogen-bond acceptors (Lipinski definition) is 4. The number of hydrogen-bond donors (Lipinski definition) is 2. The van der Waals surface area contributed by atoms with Crippen molar-refractivity contribution in [2.45, 2.75) is 37.8 Å². The Morgan fingerprint density at radius 1 is 1.69 bits per heavy atom. The van der Waals surface area contributed by atoms with E-state index in [0.717, 1.165) is 13.0 Å². The summed E-state index contributed by atoms with van der Waals surface area (Å²) < 4.78 is 5.27. The van der Waals surface area contributed by atoms with Gasteiger partial charge in [-0.2, -0.15) is 0 Å². The van der Waals surface area contributed by atoms with Crippen molar-refractivity contribution in [3.63, 3.8) is 0 Å². The van der Waals surface area contributed by atoms with Crippen molar-refractivity contribution in [3.05, 3.63) is 0 Å². The molecule has 0 aromatic rings. The lowest BCUT2D eigenvalue weighted by molar-refractivity contribution is -0.143. The molecule has 0 amide bonds. The van der Waals surface area contributed by atoms with E-state index in [9.17, 15) is 4.79 Å². The molecule has 1 aliphatic rings. The fraction of sp³-hybridized carbons (Fsp3) is 0.909. The summed E-state index contributed by atoms with van der Waals surface area (Å²) in [5.41, 5.74) is 4.80. The van der Waals surface area contributed by atoms with Crippen molar-refractivity contribution in [1.29, 1.82) is 0 Å². The van der Waals surface area contributed by atoms with Crippen molar-refractivity contribution >= 4 is 5.97 Å². The topological polar surface area (TPSA) is 75.8 Å². The van der Waals surface area contributed by atoms with Gasteiger partial charge in [-0.1, -0.05) is 0 Å². The van der Waals surface area contributed by atoms with Gasteiger partial charge < -0.3 is 20.5 Å². The molecule has 1 fully saturated rings. The molecule has 0 aromatic carbocycles. The van der Waals surface area contributed by atoms with E-state index in [1.165, 1.54) is 0 Å². The van der Waals surface area contributed by atoms with E-state index in [1.807, 2.05) is 14.0 Å². The minimum absolute atomic E-state index is 0.265. The second-order valence-electron chi connectivity index (χ2n) is 4.54. The summed E-state index contributed by atoms with van der Waals surface area (Å²) in [6.07, 6.45) is 1.95. The molecule has 1 rings (SSSR count). The monoisotopic (exact) mass is 230 g/mol. The standard InChI is InChI=1S/C11H22N2O3/c1-3-16-7-6-13(2)9-4-5-11(12,8-9)10(14)15/h9H,3-8,12H2,1-2H3,(H,14,15). The van der Waals surface area contributed by atoms with E-state index in [0.29, 0.717) is 26.1 Å². The number of carboxylic acids is 1. The third kappa shape index (κ3) is 3.17. The van der Waals surface area contributed by atoms with Crippen LogP contribution in [-0.2, 0) is 9.53 Å². The van der Waals surface area contributed by atoms with Crippen molar-refractivity contribution in [3.8, 4) is 0 Å². The molecular weight excluding hydrogens is 208 g/mol. The SMILES string of the molecule is CCOCCN(C)C1CCC(N)(C(=O)O)C1. The summed E-state index contributed by atoms with van der Waals surface area (Å²) in [6.45, 7) is 4.20. The highest BCUT2D eigenvalue weighted by molar-refractivity contribution is 5.79. The zero-order chi connectivity index (χ0) is 12.2. The maximum absolute atomic E-state index is 11.0. The zero-order valence-corrected chi connectivity index (χ0v) is 10.1. The smallest absolute Gasteiger partial charge is 0.323 e. The molecule has 2 unspecified atom stereocenters. The van der Waals surface area contributed by atoms with Crippen LogP contribution < -0.4 is 5.73 Å². The summed E-state index contributed by atoms with van der Waals surface area (Å²) >= 11 is 0. The molecular formula is C11H22N2O3. The number of likely N-dealkylation sites (N-methyl/N-ethyl adjacent to an activating group) is 1. The minimum atomic E-state index is -1.02. The summed E-state index contributed by atoms with van der Waals surface area (Å²) in [5.74, 6) is -0.881. The van der Waals surface area contributed by atoms with Gasteiger partial charge in [0.2, 0.25) is 0 Å². The molecule has 0 radical (unpaired) electrons. The third-order valence-corrected chi connectivity index (χ3v) is 3.37. The molecule has 0 saturated heterocycles. The Labute approximate surface area is 96.6 Å². The van der Waals surface area contributed by atoms with Crippen LogP contribution in [0.4, 0.5) is 0 Å². The van der Waals surface area contributed by atoms with Gasteiger partial charge >= 0.3 is 5.97 Å². The summed E-state index contributed by atoms with van der Waals surface area (Å²) in [7, 11) is 2.00. The quantitative estimate of drug-likeness (QED) is 0.641. The second-order valence-corrected chi connectivity index (χ2v) is 4.54. The first-order valence-electron chi connectivity index (χ1n) is 5.80. The van der Waals surface area contributed by atoms with Gasteiger partial charge in [0.15, 0.2) is 0 Å². The number of nitrogens with zero attached hydrogens (tertiary/aromatic N) is 1. The number of rotatable bonds is 6. The van der Waals surface area contributed by atoms with E-state index in [1.54, 1.807) is 0 Å². The fourth-order valence-electron chi connectivity index (χ4n) is 2.15. The number of carboxylic acid groups (broad SMARTS) is 1. The van der Waals surface area contributed by atoms with Gasteiger partial charge in [-0.25, -0.2) is 0 Å². The van der Waals surface area contributed by atoms with Gasteiger partial charge in [-0.3, -0.25) is 4.79 Å². The normalized spacial score (nSPS) is 29.9. The Balaban J connectivity index is 2.37. The lowest BCUT2D eigenvalue weighted by Gasteiger charge is -2.25. The maximum Gasteiger partial charge on any atom is 0.323 e. The predicted octanol–water partition coefficient (Wildman–Crippen LogP) is 0.289. The van der Waals surface area contributed by atoms with Gasteiger partial charge in [0, 0.05) is 19.2 Å². The Kier molecular flexibility index (Phi) is 4.70. The van der Waals surface area contributed by atoms with Crippen LogP contribution in [0.1, 0.15) is 26.2 Å². The Morgan fingerprint density at radius 2 is 2.38 bits per heavy atom. The molecule has 5 heteroatoms. The summed E-state index contributed by atoms with van der Waals surface area (Å²) in [5, 5.41) is 9.02. The molecule has 1 aliphatic carbocycles. The van der Waals surface area contributed by atoms with Crippen LogP contribution >= 0.6 is 0 Å². The number of carbonyl (C=O) groups is 1. The summed E-state index contributed by atoms with van der Waals surface area (Å²) in [4.78, 5) is 13.1. The van der Waals surface area contributed by atoms with Crippen molar-refractivity contribution < 1.29 is 14.6 Å². The number of aliphatic carboxylic acids is 1. The van der Waals surface area contributed by atoms with Crippen LogP contribution in [0.15, 0.2) is 0 Å².